The molecule has 1 N–H and O–H groups in total. The van der Waals surface area contributed by atoms with Gasteiger partial charge in [0.15, 0.2) is 0 Å². The number of carbonyl (C=O) groups is 2. The van der Waals surface area contributed by atoms with Crippen molar-refractivity contribution in [2.45, 2.75) is 18.9 Å². The first kappa shape index (κ1) is 13.3. The Kier molecular flexibility index (Phi) is 3.54. The third-order valence-corrected chi connectivity index (χ3v) is 4.89. The van der Waals surface area contributed by atoms with Gasteiger partial charge in [0, 0.05) is 11.4 Å². The Hall–Kier alpha value is -1.73. The van der Waals surface area contributed by atoms with Gasteiger partial charge in [-0.25, -0.2) is 4.98 Å². The monoisotopic (exact) mass is 308 g/mol. The molecule has 0 saturated heterocycles. The minimum atomic E-state index is -0.987. The predicted molar refractivity (Wildman–Crippen MR) is 77.1 cm³/mol. The molecular formula is C13H12N2O3S2. The molecule has 0 atom stereocenters. The molecule has 1 aliphatic carbocycles. The summed E-state index contributed by atoms with van der Waals surface area (Å²) in [5.41, 5.74) is 0.339. The minimum Gasteiger partial charge on any atom is -0.480 e. The van der Waals surface area contributed by atoms with Crippen LogP contribution < -0.4 is 0 Å². The quantitative estimate of drug-likeness (QED) is 0.921. The minimum absolute atomic E-state index is 0.0606. The van der Waals surface area contributed by atoms with Gasteiger partial charge >= 0.3 is 5.97 Å². The summed E-state index contributed by atoms with van der Waals surface area (Å²) in [4.78, 5) is 30.0. The highest BCUT2D eigenvalue weighted by Crippen LogP contribution is 2.31. The van der Waals surface area contributed by atoms with Crippen molar-refractivity contribution >= 4 is 34.6 Å². The first-order valence-electron chi connectivity index (χ1n) is 6.17. The van der Waals surface area contributed by atoms with Crippen LogP contribution in [0.5, 0.6) is 0 Å². The van der Waals surface area contributed by atoms with Crippen molar-refractivity contribution in [3.05, 3.63) is 28.6 Å². The predicted octanol–water partition coefficient (Wildman–Crippen LogP) is 2.56. The summed E-state index contributed by atoms with van der Waals surface area (Å²) in [6.07, 6.45) is 1.75. The van der Waals surface area contributed by atoms with E-state index >= 15 is 0 Å². The number of carboxylic acid groups (broad SMARTS) is 1. The maximum atomic E-state index is 12.4. The summed E-state index contributed by atoms with van der Waals surface area (Å²) < 4.78 is 0. The zero-order chi connectivity index (χ0) is 14.1. The maximum absolute atomic E-state index is 12.4. The molecule has 2 aromatic heterocycles. The van der Waals surface area contributed by atoms with E-state index in [0.717, 1.165) is 22.7 Å². The fourth-order valence-electron chi connectivity index (χ4n) is 1.93. The number of carboxylic acids is 1. The van der Waals surface area contributed by atoms with Gasteiger partial charge in [-0.1, -0.05) is 6.07 Å². The van der Waals surface area contributed by atoms with E-state index in [-0.39, 0.29) is 18.5 Å². The van der Waals surface area contributed by atoms with E-state index < -0.39 is 5.97 Å². The molecule has 0 radical (unpaired) electrons. The van der Waals surface area contributed by atoms with Crippen LogP contribution in [0.2, 0.25) is 0 Å². The van der Waals surface area contributed by atoms with E-state index in [1.807, 2.05) is 17.5 Å². The van der Waals surface area contributed by atoms with Crippen LogP contribution in [-0.2, 0) is 4.79 Å². The number of thiazole rings is 1. The van der Waals surface area contributed by atoms with Gasteiger partial charge in [0.05, 0.1) is 4.88 Å². The van der Waals surface area contributed by atoms with Gasteiger partial charge in [0.1, 0.15) is 17.2 Å². The third-order valence-electron chi connectivity index (χ3n) is 3.01. The molecule has 1 saturated carbocycles. The molecular weight excluding hydrogens is 296 g/mol. The van der Waals surface area contributed by atoms with Crippen LogP contribution in [0.25, 0.3) is 9.88 Å². The fraction of sp³-hybridized carbons (Fsp3) is 0.308. The first-order valence-corrected chi connectivity index (χ1v) is 7.93. The van der Waals surface area contributed by atoms with Crippen molar-refractivity contribution in [2.24, 2.45) is 0 Å². The number of aromatic nitrogens is 1. The number of rotatable bonds is 5. The molecule has 1 amide bonds. The number of amides is 1. The Bertz CT molecular complexity index is 632. The van der Waals surface area contributed by atoms with Crippen LogP contribution in [0, 0.1) is 0 Å². The van der Waals surface area contributed by atoms with Crippen molar-refractivity contribution < 1.29 is 14.7 Å². The van der Waals surface area contributed by atoms with Crippen molar-refractivity contribution in [3.63, 3.8) is 0 Å². The zero-order valence-electron chi connectivity index (χ0n) is 10.5. The van der Waals surface area contributed by atoms with Gasteiger partial charge in [-0.05, 0) is 24.3 Å². The Morgan fingerprint density at radius 3 is 2.80 bits per heavy atom. The lowest BCUT2D eigenvalue weighted by molar-refractivity contribution is -0.137. The van der Waals surface area contributed by atoms with Crippen molar-refractivity contribution in [1.29, 1.82) is 0 Å². The molecule has 7 heteroatoms. The molecule has 104 valence electrons. The summed E-state index contributed by atoms with van der Waals surface area (Å²) in [6.45, 7) is -0.255. The maximum Gasteiger partial charge on any atom is 0.323 e. The van der Waals surface area contributed by atoms with Gasteiger partial charge in [-0.15, -0.1) is 22.7 Å². The normalized spacial score (nSPS) is 14.2. The summed E-state index contributed by atoms with van der Waals surface area (Å²) in [6, 6.07) is 3.95. The lowest BCUT2D eigenvalue weighted by Gasteiger charge is -2.18. The largest absolute Gasteiger partial charge is 0.480 e. The molecule has 0 bridgehead atoms. The molecule has 0 unspecified atom stereocenters. The smallest absolute Gasteiger partial charge is 0.323 e. The first-order chi connectivity index (χ1) is 9.65. The molecule has 5 nitrogen and oxygen atoms in total. The summed E-state index contributed by atoms with van der Waals surface area (Å²) in [5.74, 6) is -1.27. The van der Waals surface area contributed by atoms with Gasteiger partial charge in [0.25, 0.3) is 5.91 Å². The van der Waals surface area contributed by atoms with Crippen LogP contribution in [0.4, 0.5) is 0 Å². The average molecular weight is 308 g/mol. The molecule has 0 aliphatic heterocycles. The highest BCUT2D eigenvalue weighted by molar-refractivity contribution is 7.20. The van der Waals surface area contributed by atoms with Crippen LogP contribution in [0.3, 0.4) is 0 Å². The molecule has 1 fully saturated rings. The molecule has 2 heterocycles. The van der Waals surface area contributed by atoms with Gasteiger partial charge < -0.3 is 10.0 Å². The molecule has 3 rings (SSSR count). The second kappa shape index (κ2) is 5.34. The van der Waals surface area contributed by atoms with E-state index in [9.17, 15) is 9.59 Å². The van der Waals surface area contributed by atoms with Gasteiger partial charge in [-0.3, -0.25) is 9.59 Å². The van der Waals surface area contributed by atoms with Crippen molar-refractivity contribution in [3.8, 4) is 9.88 Å². The number of nitrogens with zero attached hydrogens (tertiary/aromatic N) is 2. The number of hydrogen-bond donors (Lipinski definition) is 1. The second-order valence-electron chi connectivity index (χ2n) is 4.57. The Balaban J connectivity index is 1.80. The van der Waals surface area contributed by atoms with Crippen LogP contribution in [0.1, 0.15) is 23.3 Å². The molecule has 20 heavy (non-hydrogen) atoms. The molecule has 0 spiro atoms. The average Bonchev–Trinajstić information content (AvgIpc) is 2.94. The second-order valence-corrected chi connectivity index (χ2v) is 6.38. The third kappa shape index (κ3) is 2.73. The summed E-state index contributed by atoms with van der Waals surface area (Å²) >= 11 is 2.98. The van der Waals surface area contributed by atoms with Crippen LogP contribution >= 0.6 is 22.7 Å². The Labute approximate surface area is 123 Å². The van der Waals surface area contributed by atoms with E-state index in [4.69, 9.17) is 5.11 Å². The van der Waals surface area contributed by atoms with Gasteiger partial charge in [0.2, 0.25) is 0 Å². The van der Waals surface area contributed by atoms with Crippen LogP contribution in [-0.4, -0.2) is 39.5 Å². The Morgan fingerprint density at radius 1 is 1.40 bits per heavy atom. The summed E-state index contributed by atoms with van der Waals surface area (Å²) in [5, 5.41) is 13.4. The van der Waals surface area contributed by atoms with Crippen LogP contribution in [0.15, 0.2) is 22.9 Å². The Morgan fingerprint density at radius 2 is 2.20 bits per heavy atom. The standard InChI is InChI=1S/C13H12N2O3S2/c16-11(17)6-15(8-3-4-8)13(18)9-7-20-12(14-9)10-2-1-5-19-10/h1-2,5,7-8H,3-4,6H2,(H,16,17). The van der Waals surface area contributed by atoms with Crippen molar-refractivity contribution in [1.82, 2.24) is 9.88 Å². The number of aliphatic carboxylic acids is 1. The topological polar surface area (TPSA) is 70.5 Å². The zero-order valence-corrected chi connectivity index (χ0v) is 12.1. The molecule has 1 aliphatic rings. The molecule has 2 aromatic rings. The van der Waals surface area contributed by atoms with Gasteiger partial charge in [-0.2, -0.15) is 0 Å². The number of hydrogen-bond acceptors (Lipinski definition) is 5. The fourth-order valence-corrected chi connectivity index (χ4v) is 3.54. The van der Waals surface area contributed by atoms with E-state index in [1.54, 1.807) is 16.7 Å². The van der Waals surface area contributed by atoms with E-state index in [1.165, 1.54) is 16.2 Å². The molecule has 0 aromatic carbocycles. The highest BCUT2D eigenvalue weighted by atomic mass is 32.1. The number of thiophene rings is 1. The number of carbonyl (C=O) groups excluding carboxylic acids is 1. The summed E-state index contributed by atoms with van der Waals surface area (Å²) in [7, 11) is 0. The van der Waals surface area contributed by atoms with E-state index in [2.05, 4.69) is 4.98 Å². The highest BCUT2D eigenvalue weighted by Gasteiger charge is 2.35. The lowest BCUT2D eigenvalue weighted by atomic mass is 10.3. The lowest BCUT2D eigenvalue weighted by Crippen LogP contribution is -2.37. The SMILES string of the molecule is O=C(O)CN(C(=O)c1csc(-c2cccs2)n1)C1CC1. The van der Waals surface area contributed by atoms with E-state index in [0.29, 0.717) is 5.69 Å². The van der Waals surface area contributed by atoms with Crippen molar-refractivity contribution in [2.75, 3.05) is 6.54 Å².